The molecule has 46 heavy (non-hydrogen) atoms. The van der Waals surface area contributed by atoms with Crippen molar-refractivity contribution in [3.8, 4) is 0 Å². The van der Waals surface area contributed by atoms with Crippen LogP contribution in [-0.2, 0) is 27.9 Å². The highest BCUT2D eigenvalue weighted by atomic mass is 31.2. The number of hydrogen-bond donors (Lipinski definition) is 0. The molecule has 0 bridgehead atoms. The van der Waals surface area contributed by atoms with Crippen molar-refractivity contribution in [1.82, 2.24) is 0 Å². The standard InChI is InChI=1S/C37H74NO7P/c1-6-8-10-12-14-16-17-18-19-20-21-22-23-25-27-29-32-42-34-36(35-44-46(40,41)43-33-31-38(3,4)5)45-37(39)30-28-26-24-15-13-11-9-7-2/h18-19,36H,6-17,20-35H2,1-5H3/b19-18-. The fourth-order valence-electron chi connectivity index (χ4n) is 5.07. The lowest BCUT2D eigenvalue weighted by atomic mass is 10.1. The Morgan fingerprint density at radius 3 is 1.65 bits per heavy atom. The lowest BCUT2D eigenvalue weighted by Gasteiger charge is -2.28. The Bertz CT molecular complexity index is 756. The predicted octanol–water partition coefficient (Wildman–Crippen LogP) is 9.69. The molecule has 0 fully saturated rings. The van der Waals surface area contributed by atoms with Crippen LogP contribution in [-0.4, -0.2) is 70.7 Å². The molecular weight excluding hydrogens is 601 g/mol. The molecule has 0 aromatic rings. The van der Waals surface area contributed by atoms with Crippen LogP contribution in [0.3, 0.4) is 0 Å². The first-order valence-electron chi connectivity index (χ1n) is 18.9. The van der Waals surface area contributed by atoms with E-state index in [0.717, 1.165) is 32.1 Å². The molecule has 0 amide bonds. The minimum atomic E-state index is -4.51. The molecule has 0 radical (unpaired) electrons. The van der Waals surface area contributed by atoms with Crippen molar-refractivity contribution >= 4 is 13.8 Å². The van der Waals surface area contributed by atoms with Gasteiger partial charge in [-0.1, -0.05) is 129 Å². The molecule has 0 aromatic heterocycles. The Hall–Kier alpha value is -0.760. The average Bonchev–Trinajstić information content (AvgIpc) is 2.99. The molecule has 0 saturated heterocycles. The number of likely N-dealkylation sites (N-methyl/N-ethyl adjacent to an activating group) is 1. The number of ether oxygens (including phenoxy) is 2. The molecule has 2 atom stereocenters. The van der Waals surface area contributed by atoms with E-state index in [-0.39, 0.29) is 25.8 Å². The molecule has 9 heteroatoms. The van der Waals surface area contributed by atoms with Crippen molar-refractivity contribution < 1.29 is 37.3 Å². The number of phosphoric ester groups is 1. The van der Waals surface area contributed by atoms with Gasteiger partial charge in [-0.25, -0.2) is 0 Å². The minimum absolute atomic E-state index is 0.0274. The van der Waals surface area contributed by atoms with E-state index in [1.54, 1.807) is 0 Å². The van der Waals surface area contributed by atoms with Crippen LogP contribution in [0, 0.1) is 0 Å². The quantitative estimate of drug-likeness (QED) is 0.0217. The van der Waals surface area contributed by atoms with Crippen molar-refractivity contribution in [3.63, 3.8) is 0 Å². The maximum atomic E-state index is 12.5. The molecule has 0 spiro atoms. The van der Waals surface area contributed by atoms with Gasteiger partial charge in [-0.05, 0) is 38.5 Å². The van der Waals surface area contributed by atoms with Gasteiger partial charge in [0, 0.05) is 13.0 Å². The van der Waals surface area contributed by atoms with Crippen LogP contribution in [0.2, 0.25) is 0 Å². The molecule has 0 N–H and O–H groups in total. The van der Waals surface area contributed by atoms with Crippen LogP contribution < -0.4 is 4.89 Å². The Labute approximate surface area is 284 Å². The molecule has 0 aliphatic rings. The topological polar surface area (TPSA) is 94.1 Å². The normalized spacial score (nSPS) is 14.1. The molecule has 0 saturated carbocycles. The van der Waals surface area contributed by atoms with Crippen molar-refractivity contribution in [1.29, 1.82) is 0 Å². The van der Waals surface area contributed by atoms with Gasteiger partial charge in [0.05, 0.1) is 34.4 Å². The fraction of sp³-hybridized carbons (Fsp3) is 0.919. The maximum Gasteiger partial charge on any atom is 0.306 e. The Kier molecular flexibility index (Phi) is 31.0. The first-order chi connectivity index (χ1) is 22.1. The van der Waals surface area contributed by atoms with Crippen LogP contribution in [0.5, 0.6) is 0 Å². The monoisotopic (exact) mass is 676 g/mol. The third kappa shape index (κ3) is 34.6. The molecule has 0 heterocycles. The van der Waals surface area contributed by atoms with Gasteiger partial charge in [-0.3, -0.25) is 9.36 Å². The van der Waals surface area contributed by atoms with Crippen molar-refractivity contribution in [3.05, 3.63) is 12.2 Å². The average molecular weight is 676 g/mol. The number of allylic oxidation sites excluding steroid dienone is 2. The molecular formula is C37H74NO7P. The molecule has 274 valence electrons. The first kappa shape index (κ1) is 45.2. The third-order valence-corrected chi connectivity index (χ3v) is 9.03. The van der Waals surface area contributed by atoms with E-state index >= 15 is 0 Å². The van der Waals surface area contributed by atoms with E-state index in [2.05, 4.69) is 26.0 Å². The number of carbonyl (C=O) groups excluding carboxylic acids is 1. The minimum Gasteiger partial charge on any atom is -0.756 e. The van der Waals surface area contributed by atoms with E-state index in [4.69, 9.17) is 18.5 Å². The zero-order valence-electron chi connectivity index (χ0n) is 30.8. The summed E-state index contributed by atoms with van der Waals surface area (Å²) in [7, 11) is 1.36. The fourth-order valence-corrected chi connectivity index (χ4v) is 5.80. The molecule has 0 aromatic carbocycles. The number of unbranched alkanes of at least 4 members (excludes halogenated alkanes) is 19. The Morgan fingerprint density at radius 1 is 0.652 bits per heavy atom. The summed E-state index contributed by atoms with van der Waals surface area (Å²) in [5.41, 5.74) is 0. The van der Waals surface area contributed by atoms with Gasteiger partial charge in [0.2, 0.25) is 0 Å². The molecule has 0 rings (SSSR count). The van der Waals surface area contributed by atoms with Crippen molar-refractivity contribution in [2.45, 2.75) is 168 Å². The SMILES string of the molecule is CCCCCCCC/C=C\CCCCCCCCOCC(COP(=O)([O-])OCC[N+](C)(C)C)OC(=O)CCCCCCCCCC. The number of rotatable bonds is 35. The van der Waals surface area contributed by atoms with Gasteiger partial charge >= 0.3 is 5.97 Å². The zero-order chi connectivity index (χ0) is 34.2. The summed E-state index contributed by atoms with van der Waals surface area (Å²) in [6, 6.07) is 0. The van der Waals surface area contributed by atoms with Crippen molar-refractivity contribution in [2.24, 2.45) is 0 Å². The van der Waals surface area contributed by atoms with Gasteiger partial charge in [-0.2, -0.15) is 0 Å². The van der Waals surface area contributed by atoms with E-state index in [0.29, 0.717) is 24.1 Å². The zero-order valence-corrected chi connectivity index (χ0v) is 31.7. The summed E-state index contributed by atoms with van der Waals surface area (Å²) in [6.07, 6.45) is 30.8. The third-order valence-electron chi connectivity index (χ3n) is 8.07. The van der Waals surface area contributed by atoms with Crippen LogP contribution in [0.25, 0.3) is 0 Å². The highest BCUT2D eigenvalue weighted by Gasteiger charge is 2.20. The van der Waals surface area contributed by atoms with Gasteiger partial charge in [0.15, 0.2) is 0 Å². The van der Waals surface area contributed by atoms with E-state index in [1.165, 1.54) is 109 Å². The summed E-state index contributed by atoms with van der Waals surface area (Å²) in [4.78, 5) is 24.8. The Morgan fingerprint density at radius 2 is 1.13 bits per heavy atom. The van der Waals surface area contributed by atoms with Gasteiger partial charge in [-0.15, -0.1) is 0 Å². The molecule has 0 aliphatic carbocycles. The van der Waals surface area contributed by atoms with Gasteiger partial charge in [0.1, 0.15) is 19.3 Å². The molecule has 2 unspecified atom stereocenters. The summed E-state index contributed by atoms with van der Waals surface area (Å²) < 4.78 is 34.3. The number of nitrogens with zero attached hydrogens (tertiary/aromatic N) is 1. The molecule has 0 aliphatic heterocycles. The number of hydrogen-bond acceptors (Lipinski definition) is 7. The molecule has 8 nitrogen and oxygen atoms in total. The van der Waals surface area contributed by atoms with Gasteiger partial charge < -0.3 is 27.9 Å². The first-order valence-corrected chi connectivity index (χ1v) is 20.4. The smallest absolute Gasteiger partial charge is 0.306 e. The Balaban J connectivity index is 4.23. The van der Waals surface area contributed by atoms with E-state index in [1.807, 2.05) is 21.1 Å². The second-order valence-corrected chi connectivity index (χ2v) is 15.4. The highest BCUT2D eigenvalue weighted by Crippen LogP contribution is 2.38. The highest BCUT2D eigenvalue weighted by molar-refractivity contribution is 7.45. The number of carbonyl (C=O) groups is 1. The second kappa shape index (κ2) is 31.5. The summed E-state index contributed by atoms with van der Waals surface area (Å²) >= 11 is 0. The van der Waals surface area contributed by atoms with Crippen LogP contribution in [0.15, 0.2) is 12.2 Å². The van der Waals surface area contributed by atoms with Gasteiger partial charge in [0.25, 0.3) is 7.82 Å². The van der Waals surface area contributed by atoms with E-state index < -0.39 is 13.9 Å². The largest absolute Gasteiger partial charge is 0.756 e. The van der Waals surface area contributed by atoms with Crippen LogP contribution in [0.4, 0.5) is 0 Å². The lowest BCUT2D eigenvalue weighted by molar-refractivity contribution is -0.870. The van der Waals surface area contributed by atoms with Crippen LogP contribution >= 0.6 is 7.82 Å². The van der Waals surface area contributed by atoms with Crippen molar-refractivity contribution in [2.75, 3.05) is 54.1 Å². The summed E-state index contributed by atoms with van der Waals surface area (Å²) in [6.45, 7) is 5.37. The number of phosphoric acid groups is 1. The lowest BCUT2D eigenvalue weighted by Crippen LogP contribution is -2.37. The maximum absolute atomic E-state index is 12.5. The van der Waals surface area contributed by atoms with Crippen LogP contribution in [0.1, 0.15) is 162 Å². The number of esters is 1. The summed E-state index contributed by atoms with van der Waals surface area (Å²) in [5.74, 6) is -0.341. The second-order valence-electron chi connectivity index (χ2n) is 13.9. The predicted molar refractivity (Wildman–Crippen MR) is 190 cm³/mol. The van der Waals surface area contributed by atoms with E-state index in [9.17, 15) is 14.3 Å². The number of quaternary nitrogens is 1. The summed E-state index contributed by atoms with van der Waals surface area (Å²) in [5, 5.41) is 0.